The van der Waals surface area contributed by atoms with Gasteiger partial charge in [-0.05, 0) is 17.5 Å². The van der Waals surface area contributed by atoms with Gasteiger partial charge in [-0.25, -0.2) is 0 Å². The molecule has 0 aliphatic carbocycles. The molecule has 0 saturated carbocycles. The van der Waals surface area contributed by atoms with Crippen LogP contribution in [0.2, 0.25) is 0 Å². The number of hydrazine groups is 1. The highest BCUT2D eigenvalue weighted by Crippen LogP contribution is 2.24. The Labute approximate surface area is 132 Å². The standard InChI is InChI=1S/C12H10N4O6S/c1-6(17)14-15-10(18)7-4-5-23-12(7)13-11(19)8-2-3-9(22-8)16(20)21/h2-5H,1H3,(H,13,19)(H,14,17)(H,15,18). The summed E-state index contributed by atoms with van der Waals surface area (Å²) in [7, 11) is 0. The minimum Gasteiger partial charge on any atom is -0.395 e. The largest absolute Gasteiger partial charge is 0.433 e. The van der Waals surface area contributed by atoms with Crippen LogP contribution >= 0.6 is 11.3 Å². The molecule has 0 saturated heterocycles. The lowest BCUT2D eigenvalue weighted by Crippen LogP contribution is -2.40. The minimum absolute atomic E-state index is 0.123. The molecule has 0 spiro atoms. The molecule has 3 amide bonds. The zero-order valence-electron chi connectivity index (χ0n) is 11.6. The maximum Gasteiger partial charge on any atom is 0.433 e. The molecule has 120 valence electrons. The lowest BCUT2D eigenvalue weighted by Gasteiger charge is -2.06. The molecule has 0 aliphatic heterocycles. The summed E-state index contributed by atoms with van der Waals surface area (Å²) in [5, 5.41) is 14.7. The van der Waals surface area contributed by atoms with Crippen LogP contribution in [0.1, 0.15) is 27.8 Å². The molecule has 2 rings (SSSR count). The van der Waals surface area contributed by atoms with E-state index in [-0.39, 0.29) is 16.3 Å². The Morgan fingerprint density at radius 1 is 1.17 bits per heavy atom. The first-order valence-electron chi connectivity index (χ1n) is 6.08. The quantitative estimate of drug-likeness (QED) is 0.566. The zero-order valence-corrected chi connectivity index (χ0v) is 12.4. The van der Waals surface area contributed by atoms with Crippen LogP contribution in [0.5, 0.6) is 0 Å². The fourth-order valence-electron chi connectivity index (χ4n) is 1.51. The first kappa shape index (κ1) is 16.2. The number of nitrogens with zero attached hydrogens (tertiary/aromatic N) is 1. The van der Waals surface area contributed by atoms with Crippen LogP contribution in [-0.2, 0) is 4.79 Å². The van der Waals surface area contributed by atoms with E-state index in [0.29, 0.717) is 0 Å². The lowest BCUT2D eigenvalue weighted by molar-refractivity contribution is -0.402. The number of nitro groups is 1. The molecule has 0 bridgehead atoms. The van der Waals surface area contributed by atoms with Crippen molar-refractivity contribution in [3.63, 3.8) is 0 Å². The predicted molar refractivity (Wildman–Crippen MR) is 78.9 cm³/mol. The number of carbonyl (C=O) groups excluding carboxylic acids is 3. The smallest absolute Gasteiger partial charge is 0.395 e. The molecule has 11 heteroatoms. The summed E-state index contributed by atoms with van der Waals surface area (Å²) in [6.45, 7) is 1.22. The summed E-state index contributed by atoms with van der Waals surface area (Å²) < 4.78 is 4.77. The second-order valence-electron chi connectivity index (χ2n) is 4.15. The molecule has 0 atom stereocenters. The summed E-state index contributed by atoms with van der Waals surface area (Å²) in [6.07, 6.45) is 0. The van der Waals surface area contributed by atoms with Crippen LogP contribution in [0.15, 0.2) is 28.0 Å². The Morgan fingerprint density at radius 2 is 1.91 bits per heavy atom. The second kappa shape index (κ2) is 6.70. The third kappa shape index (κ3) is 3.91. The predicted octanol–water partition coefficient (Wildman–Crippen LogP) is 1.28. The topological polar surface area (TPSA) is 144 Å². The fourth-order valence-corrected chi connectivity index (χ4v) is 2.29. The number of carbonyl (C=O) groups is 3. The monoisotopic (exact) mass is 338 g/mol. The van der Waals surface area contributed by atoms with Crippen LogP contribution in [0, 0.1) is 10.1 Å². The number of furan rings is 1. The third-order valence-electron chi connectivity index (χ3n) is 2.48. The Morgan fingerprint density at radius 3 is 2.52 bits per heavy atom. The molecule has 0 unspecified atom stereocenters. The van der Waals surface area contributed by atoms with Crippen LogP contribution in [0.25, 0.3) is 0 Å². The first-order valence-corrected chi connectivity index (χ1v) is 6.96. The van der Waals surface area contributed by atoms with Gasteiger partial charge in [-0.15, -0.1) is 11.3 Å². The van der Waals surface area contributed by atoms with Gasteiger partial charge in [0.15, 0.2) is 5.76 Å². The average Bonchev–Trinajstić information content (AvgIpc) is 3.13. The maximum absolute atomic E-state index is 12.0. The van der Waals surface area contributed by atoms with E-state index in [1.807, 2.05) is 0 Å². The molecule has 2 heterocycles. The van der Waals surface area contributed by atoms with Crippen molar-refractivity contribution in [1.82, 2.24) is 10.9 Å². The van der Waals surface area contributed by atoms with E-state index in [4.69, 9.17) is 4.42 Å². The zero-order chi connectivity index (χ0) is 17.0. The van der Waals surface area contributed by atoms with Crippen molar-refractivity contribution >= 4 is 39.9 Å². The van der Waals surface area contributed by atoms with E-state index in [2.05, 4.69) is 16.2 Å². The molecule has 10 nitrogen and oxygen atoms in total. The van der Waals surface area contributed by atoms with Crippen LogP contribution < -0.4 is 16.2 Å². The van der Waals surface area contributed by atoms with Crippen molar-refractivity contribution in [2.24, 2.45) is 0 Å². The summed E-state index contributed by atoms with van der Waals surface area (Å²) in [6, 6.07) is 3.65. The number of anilines is 1. The Hall–Kier alpha value is -3.21. The number of hydrogen-bond acceptors (Lipinski definition) is 7. The van der Waals surface area contributed by atoms with Crippen LogP contribution in [-0.4, -0.2) is 22.6 Å². The van der Waals surface area contributed by atoms with Gasteiger partial charge in [0.1, 0.15) is 9.92 Å². The molecule has 2 aromatic heterocycles. The Balaban J connectivity index is 2.09. The second-order valence-corrected chi connectivity index (χ2v) is 5.06. The Kier molecular flexibility index (Phi) is 4.71. The van der Waals surface area contributed by atoms with E-state index >= 15 is 0 Å². The summed E-state index contributed by atoms with van der Waals surface area (Å²) >= 11 is 1.07. The highest BCUT2D eigenvalue weighted by molar-refractivity contribution is 7.14. The van der Waals surface area contributed by atoms with E-state index in [1.54, 1.807) is 5.38 Å². The van der Waals surface area contributed by atoms with Crippen molar-refractivity contribution in [1.29, 1.82) is 0 Å². The van der Waals surface area contributed by atoms with Gasteiger partial charge in [0.05, 0.1) is 11.6 Å². The summed E-state index contributed by atoms with van der Waals surface area (Å²) in [5.41, 5.74) is 4.41. The summed E-state index contributed by atoms with van der Waals surface area (Å²) in [4.78, 5) is 44.3. The molecule has 0 fully saturated rings. The van der Waals surface area contributed by atoms with Gasteiger partial charge in [-0.1, -0.05) is 0 Å². The third-order valence-corrected chi connectivity index (χ3v) is 3.31. The fraction of sp³-hybridized carbons (Fsp3) is 0.0833. The van der Waals surface area contributed by atoms with Gasteiger partial charge >= 0.3 is 5.88 Å². The van der Waals surface area contributed by atoms with Crippen molar-refractivity contribution in [3.05, 3.63) is 45.0 Å². The first-order chi connectivity index (χ1) is 10.9. The molecular weight excluding hydrogens is 328 g/mol. The number of hydrogen-bond donors (Lipinski definition) is 3. The number of thiophene rings is 1. The molecule has 2 aromatic rings. The summed E-state index contributed by atoms with van der Waals surface area (Å²) in [5.74, 6) is -2.65. The van der Waals surface area contributed by atoms with Gasteiger partial charge in [-0.3, -0.25) is 35.3 Å². The van der Waals surface area contributed by atoms with Crippen LogP contribution in [0.4, 0.5) is 10.9 Å². The lowest BCUT2D eigenvalue weighted by atomic mass is 10.3. The van der Waals surface area contributed by atoms with Crippen molar-refractivity contribution in [2.75, 3.05) is 5.32 Å². The van der Waals surface area contributed by atoms with Gasteiger partial charge in [0.2, 0.25) is 5.91 Å². The van der Waals surface area contributed by atoms with E-state index in [1.165, 1.54) is 13.0 Å². The van der Waals surface area contributed by atoms with E-state index in [0.717, 1.165) is 23.5 Å². The van der Waals surface area contributed by atoms with E-state index in [9.17, 15) is 24.5 Å². The normalized spacial score (nSPS) is 9.96. The van der Waals surface area contributed by atoms with E-state index < -0.39 is 28.5 Å². The number of nitrogens with one attached hydrogen (secondary N) is 3. The van der Waals surface area contributed by atoms with Crippen LogP contribution in [0.3, 0.4) is 0 Å². The molecular formula is C12H10N4O6S. The maximum atomic E-state index is 12.0. The molecule has 0 aromatic carbocycles. The number of amides is 3. The number of rotatable bonds is 4. The van der Waals surface area contributed by atoms with Gasteiger partial charge in [0.25, 0.3) is 11.8 Å². The molecule has 0 radical (unpaired) electrons. The highest BCUT2D eigenvalue weighted by atomic mass is 32.1. The van der Waals surface area contributed by atoms with Crippen molar-refractivity contribution in [3.8, 4) is 0 Å². The SMILES string of the molecule is CC(=O)NNC(=O)c1ccsc1NC(=O)c1ccc([N+](=O)[O-])o1. The minimum atomic E-state index is -0.770. The van der Waals surface area contributed by atoms with Gasteiger partial charge in [-0.2, -0.15) is 0 Å². The Bertz CT molecular complexity index is 780. The van der Waals surface area contributed by atoms with Crippen molar-refractivity contribution < 1.29 is 23.7 Å². The van der Waals surface area contributed by atoms with Crippen molar-refractivity contribution in [2.45, 2.75) is 6.92 Å². The van der Waals surface area contributed by atoms with Gasteiger partial charge in [0, 0.05) is 6.92 Å². The van der Waals surface area contributed by atoms with Gasteiger partial charge < -0.3 is 9.73 Å². The molecule has 0 aliphatic rings. The average molecular weight is 338 g/mol. The highest BCUT2D eigenvalue weighted by Gasteiger charge is 2.20. The molecule has 3 N–H and O–H groups in total. The molecule has 23 heavy (non-hydrogen) atoms.